The minimum absolute atomic E-state index is 0.0779. The van der Waals surface area contributed by atoms with Crippen molar-refractivity contribution >= 4 is 28.5 Å². The van der Waals surface area contributed by atoms with Crippen LogP contribution in [0.15, 0.2) is 86.5 Å². The topological polar surface area (TPSA) is 76.6 Å². The van der Waals surface area contributed by atoms with E-state index in [9.17, 15) is 9.59 Å². The summed E-state index contributed by atoms with van der Waals surface area (Å²) in [6.45, 7) is 2.91. The summed E-state index contributed by atoms with van der Waals surface area (Å²) in [5.41, 5.74) is 5.41. The first kappa shape index (κ1) is 22.3. The molecule has 3 heterocycles. The number of amides is 1. The van der Waals surface area contributed by atoms with Crippen LogP contribution >= 0.6 is 11.6 Å². The van der Waals surface area contributed by atoms with Gasteiger partial charge in [0.25, 0.3) is 5.91 Å². The maximum Gasteiger partial charge on any atom is 0.254 e. The highest BCUT2D eigenvalue weighted by atomic mass is 35.5. The molecule has 0 aliphatic carbocycles. The van der Waals surface area contributed by atoms with Crippen molar-refractivity contribution in [2.75, 3.05) is 6.54 Å². The Hall–Kier alpha value is -4.16. The highest BCUT2D eigenvalue weighted by Crippen LogP contribution is 2.32. The quantitative estimate of drug-likeness (QED) is 0.294. The molecule has 1 aliphatic rings. The van der Waals surface area contributed by atoms with Crippen LogP contribution in [0.3, 0.4) is 0 Å². The van der Waals surface area contributed by atoms with Gasteiger partial charge < -0.3 is 13.8 Å². The van der Waals surface area contributed by atoms with Crippen LogP contribution in [-0.4, -0.2) is 22.5 Å². The summed E-state index contributed by atoms with van der Waals surface area (Å²) < 4.78 is 11.6. The van der Waals surface area contributed by atoms with Crippen molar-refractivity contribution in [1.29, 1.82) is 0 Å². The summed E-state index contributed by atoms with van der Waals surface area (Å²) in [5.74, 6) is 1.05. The van der Waals surface area contributed by atoms with Gasteiger partial charge in [0, 0.05) is 46.3 Å². The second kappa shape index (κ2) is 8.81. The number of hydrogen-bond donors (Lipinski definition) is 0. The molecule has 36 heavy (non-hydrogen) atoms. The van der Waals surface area contributed by atoms with E-state index >= 15 is 0 Å². The summed E-state index contributed by atoms with van der Waals surface area (Å²) in [7, 11) is 0. The lowest BCUT2D eigenvalue weighted by atomic mass is 10.0. The molecule has 0 unspecified atom stereocenters. The average Bonchev–Trinajstić information content (AvgIpc) is 3.32. The highest BCUT2D eigenvalue weighted by Gasteiger charge is 2.28. The van der Waals surface area contributed by atoms with Crippen molar-refractivity contribution < 1.29 is 13.7 Å². The molecule has 0 N–H and O–H groups in total. The number of carbonyl (C=O) groups excluding carboxylic acids is 1. The third-order valence-electron chi connectivity index (χ3n) is 6.53. The van der Waals surface area contributed by atoms with E-state index in [1.54, 1.807) is 47.4 Å². The highest BCUT2D eigenvalue weighted by molar-refractivity contribution is 6.30. The first-order chi connectivity index (χ1) is 17.5. The van der Waals surface area contributed by atoms with Gasteiger partial charge in [-0.05, 0) is 55.5 Å². The number of aromatic nitrogens is 1. The van der Waals surface area contributed by atoms with Crippen LogP contribution < -0.4 is 5.43 Å². The third kappa shape index (κ3) is 3.99. The summed E-state index contributed by atoms with van der Waals surface area (Å²) in [6.07, 6.45) is 0.623. The fourth-order valence-corrected chi connectivity index (χ4v) is 4.71. The number of hydrogen-bond acceptors (Lipinski definition) is 5. The second-order valence-corrected chi connectivity index (χ2v) is 9.41. The molecule has 0 saturated heterocycles. The zero-order valence-electron chi connectivity index (χ0n) is 19.5. The van der Waals surface area contributed by atoms with Crippen LogP contribution in [0.5, 0.6) is 0 Å². The molecule has 1 amide bonds. The van der Waals surface area contributed by atoms with E-state index in [0.717, 1.165) is 27.9 Å². The Kier molecular flexibility index (Phi) is 5.46. The lowest BCUT2D eigenvalue weighted by Crippen LogP contribution is -2.35. The molecular weight excluding hydrogens is 476 g/mol. The zero-order valence-corrected chi connectivity index (χ0v) is 20.2. The van der Waals surface area contributed by atoms with Gasteiger partial charge in [0.05, 0.1) is 17.6 Å². The summed E-state index contributed by atoms with van der Waals surface area (Å²) >= 11 is 6.02. The van der Waals surface area contributed by atoms with Crippen LogP contribution in [0, 0.1) is 6.92 Å². The monoisotopic (exact) mass is 496 g/mol. The van der Waals surface area contributed by atoms with Crippen LogP contribution in [0.1, 0.15) is 27.2 Å². The Bertz CT molecular complexity index is 1670. The van der Waals surface area contributed by atoms with Crippen molar-refractivity contribution in [1.82, 2.24) is 10.1 Å². The van der Waals surface area contributed by atoms with Crippen molar-refractivity contribution in [3.8, 4) is 22.6 Å². The van der Waals surface area contributed by atoms with E-state index in [1.165, 1.54) is 6.07 Å². The molecule has 0 saturated carbocycles. The van der Waals surface area contributed by atoms with Crippen molar-refractivity contribution in [2.24, 2.45) is 0 Å². The van der Waals surface area contributed by atoms with E-state index in [1.807, 2.05) is 31.2 Å². The molecule has 1 aliphatic heterocycles. The first-order valence-electron chi connectivity index (χ1n) is 11.6. The Morgan fingerprint density at radius 2 is 1.72 bits per heavy atom. The fourth-order valence-electron chi connectivity index (χ4n) is 4.59. The number of benzene rings is 3. The van der Waals surface area contributed by atoms with E-state index < -0.39 is 0 Å². The molecule has 0 bridgehead atoms. The molecule has 178 valence electrons. The molecule has 2 aromatic heterocycles. The molecule has 5 aromatic rings. The molecule has 7 heteroatoms. The van der Waals surface area contributed by atoms with Crippen LogP contribution in [0.25, 0.3) is 33.6 Å². The van der Waals surface area contributed by atoms with Crippen molar-refractivity contribution in [3.63, 3.8) is 0 Å². The van der Waals surface area contributed by atoms with E-state index in [2.05, 4.69) is 5.16 Å². The summed E-state index contributed by atoms with van der Waals surface area (Å²) in [5, 5.41) is 5.42. The van der Waals surface area contributed by atoms with Gasteiger partial charge in [-0.15, -0.1) is 0 Å². The zero-order chi connectivity index (χ0) is 24.8. The van der Waals surface area contributed by atoms with Gasteiger partial charge in [-0.2, -0.15) is 0 Å². The maximum atomic E-state index is 13.3. The van der Waals surface area contributed by atoms with Gasteiger partial charge in [-0.3, -0.25) is 9.59 Å². The predicted octanol–water partition coefficient (Wildman–Crippen LogP) is 6.28. The van der Waals surface area contributed by atoms with Crippen molar-refractivity contribution in [2.45, 2.75) is 19.9 Å². The maximum absolute atomic E-state index is 13.3. The molecule has 6 rings (SSSR count). The van der Waals surface area contributed by atoms with Gasteiger partial charge in [0.15, 0.2) is 11.2 Å². The normalized spacial score (nSPS) is 13.1. The largest absolute Gasteiger partial charge is 0.456 e. The molecule has 0 atom stereocenters. The summed E-state index contributed by atoms with van der Waals surface area (Å²) in [4.78, 5) is 27.7. The van der Waals surface area contributed by atoms with Crippen LogP contribution in [-0.2, 0) is 13.0 Å². The molecule has 0 radical (unpaired) electrons. The minimum atomic E-state index is -0.0931. The molecule has 0 fully saturated rings. The van der Waals surface area contributed by atoms with Gasteiger partial charge in [-0.1, -0.05) is 40.5 Å². The number of aryl methyl sites for hydroxylation is 1. The van der Waals surface area contributed by atoms with Crippen molar-refractivity contribution in [3.05, 3.63) is 110 Å². The number of fused-ring (bicyclic) bond motifs is 2. The van der Waals surface area contributed by atoms with Gasteiger partial charge in [0.1, 0.15) is 11.3 Å². The van der Waals surface area contributed by atoms with Crippen LogP contribution in [0.4, 0.5) is 0 Å². The smallest absolute Gasteiger partial charge is 0.254 e. The Labute approximate surface area is 211 Å². The number of halogens is 1. The second-order valence-electron chi connectivity index (χ2n) is 8.97. The Balaban J connectivity index is 1.25. The van der Waals surface area contributed by atoms with Gasteiger partial charge >= 0.3 is 0 Å². The first-order valence-corrected chi connectivity index (χ1v) is 12.0. The summed E-state index contributed by atoms with van der Waals surface area (Å²) in [6, 6.07) is 21.5. The number of carbonyl (C=O) groups is 1. The van der Waals surface area contributed by atoms with E-state index in [4.69, 9.17) is 20.5 Å². The number of nitrogens with zero attached hydrogens (tertiary/aromatic N) is 2. The fraction of sp³-hybridized carbons (Fsp3) is 0.138. The van der Waals surface area contributed by atoms with Crippen LogP contribution in [0.2, 0.25) is 5.02 Å². The van der Waals surface area contributed by atoms with E-state index in [0.29, 0.717) is 52.6 Å². The molecular formula is C29H21ClN2O4. The standard InChI is InChI=1S/C29H21ClN2O4/c1-17-2-11-26-22(14-17)25(33)15-27(35-26)18-3-5-20(6-4-18)29(34)32-13-12-24-23(16-32)28(36-31-24)19-7-9-21(30)10-8-19/h2-11,14-15H,12-13,16H2,1H3. The predicted molar refractivity (Wildman–Crippen MR) is 138 cm³/mol. The SMILES string of the molecule is Cc1ccc2oc(-c3ccc(C(=O)N4CCc5noc(-c6ccc(Cl)cc6)c5C4)cc3)cc(=O)c2c1. The molecule has 3 aromatic carbocycles. The Morgan fingerprint density at radius 3 is 2.50 bits per heavy atom. The minimum Gasteiger partial charge on any atom is -0.456 e. The third-order valence-corrected chi connectivity index (χ3v) is 6.78. The van der Waals surface area contributed by atoms with Gasteiger partial charge in [-0.25, -0.2) is 0 Å². The van der Waals surface area contributed by atoms with E-state index in [-0.39, 0.29) is 11.3 Å². The lowest BCUT2D eigenvalue weighted by molar-refractivity contribution is 0.0734. The molecule has 6 nitrogen and oxygen atoms in total. The Morgan fingerprint density at radius 1 is 0.972 bits per heavy atom. The lowest BCUT2D eigenvalue weighted by Gasteiger charge is -2.26. The number of rotatable bonds is 3. The average molecular weight is 497 g/mol. The van der Waals surface area contributed by atoms with Gasteiger partial charge in [0.2, 0.25) is 0 Å². The molecule has 0 spiro atoms.